The molecule has 10 nitrogen and oxygen atoms in total. The van der Waals surface area contributed by atoms with E-state index in [-0.39, 0.29) is 37.7 Å². The second kappa shape index (κ2) is 8.03. The highest BCUT2D eigenvalue weighted by Gasteiger charge is 2.27. The van der Waals surface area contributed by atoms with Crippen molar-refractivity contribution in [2.45, 2.75) is 0 Å². The number of hydrogen-bond acceptors (Lipinski definition) is 8. The molecule has 0 amide bonds. The van der Waals surface area contributed by atoms with Gasteiger partial charge in [-0.3, -0.25) is 15.0 Å². The Morgan fingerprint density at radius 3 is 2.14 bits per heavy atom. The molecule has 0 aliphatic carbocycles. The van der Waals surface area contributed by atoms with Crippen molar-refractivity contribution in [3.05, 3.63) is 34.4 Å². The molecular weight excluding hydrogens is 307 g/mol. The van der Waals surface area contributed by atoms with Crippen LogP contribution in [-0.2, 0) is 9.19 Å². The van der Waals surface area contributed by atoms with E-state index in [1.807, 2.05) is 0 Å². The van der Waals surface area contributed by atoms with E-state index in [1.54, 1.807) is 0 Å². The zero-order valence-electron chi connectivity index (χ0n) is 10.9. The van der Waals surface area contributed by atoms with Gasteiger partial charge in [0.15, 0.2) is 0 Å². The molecule has 118 valence electrons. The van der Waals surface area contributed by atoms with Crippen molar-refractivity contribution in [1.29, 1.82) is 0 Å². The predicted octanol–water partition coefficient (Wildman–Crippen LogP) is 0.292. The van der Waals surface area contributed by atoms with Crippen LogP contribution in [-0.4, -0.2) is 51.4 Å². The van der Waals surface area contributed by atoms with Gasteiger partial charge in [-0.25, -0.2) is 4.57 Å². The zero-order chi connectivity index (χ0) is 15.9. The molecule has 3 N–H and O–H groups in total. The third-order valence-electron chi connectivity index (χ3n) is 2.19. The standard InChI is InChI=1S/C10H15N2O8P/c13-7-5-11(6-8-14)20-21(17,18)19-10-3-1-9(2-4-10)12(15)16/h1-4,13-14H,5-8H2,(H,17,18). The Kier molecular flexibility index (Phi) is 6.69. The SMILES string of the molecule is O=[N+]([O-])c1ccc(OP(=O)(O)ON(CCO)CCO)cc1. The Labute approximate surface area is 119 Å². The van der Waals surface area contributed by atoms with Gasteiger partial charge in [0.1, 0.15) is 5.75 Å². The summed E-state index contributed by atoms with van der Waals surface area (Å²) in [5.74, 6) is -0.0978. The first-order valence-electron chi connectivity index (χ1n) is 5.81. The van der Waals surface area contributed by atoms with Crippen LogP contribution < -0.4 is 4.52 Å². The van der Waals surface area contributed by atoms with Crippen LogP contribution in [0.3, 0.4) is 0 Å². The summed E-state index contributed by atoms with van der Waals surface area (Å²) in [5.41, 5.74) is -0.196. The van der Waals surface area contributed by atoms with E-state index in [0.29, 0.717) is 0 Å². The van der Waals surface area contributed by atoms with E-state index in [0.717, 1.165) is 29.3 Å². The lowest BCUT2D eigenvalue weighted by Gasteiger charge is -2.22. The van der Waals surface area contributed by atoms with Crippen LogP contribution in [0.5, 0.6) is 5.75 Å². The quantitative estimate of drug-likeness (QED) is 0.332. The molecule has 0 aliphatic heterocycles. The zero-order valence-corrected chi connectivity index (χ0v) is 11.8. The van der Waals surface area contributed by atoms with E-state index in [1.165, 1.54) is 0 Å². The first kappa shape index (κ1) is 17.5. The van der Waals surface area contributed by atoms with Gasteiger partial charge in [-0.1, -0.05) is 0 Å². The number of non-ortho nitro benzene ring substituents is 1. The predicted molar refractivity (Wildman–Crippen MR) is 70.4 cm³/mol. The van der Waals surface area contributed by atoms with Gasteiger partial charge < -0.3 is 14.7 Å². The minimum atomic E-state index is -4.53. The topological polar surface area (TPSA) is 143 Å². The van der Waals surface area contributed by atoms with Gasteiger partial charge in [0.25, 0.3) is 5.69 Å². The largest absolute Gasteiger partial charge is 0.544 e. The Morgan fingerprint density at radius 2 is 1.71 bits per heavy atom. The van der Waals surface area contributed by atoms with Gasteiger partial charge in [-0.2, -0.15) is 9.69 Å². The highest BCUT2D eigenvalue weighted by Crippen LogP contribution is 2.44. The van der Waals surface area contributed by atoms with Crippen molar-refractivity contribution < 1.29 is 33.7 Å². The molecule has 0 spiro atoms. The molecular formula is C10H15N2O8P. The molecule has 0 aromatic heterocycles. The molecule has 1 aromatic rings. The fourth-order valence-electron chi connectivity index (χ4n) is 1.34. The second-order valence-electron chi connectivity index (χ2n) is 3.77. The number of hydrogen-bond donors (Lipinski definition) is 3. The number of hydroxylamine groups is 2. The number of aliphatic hydroxyl groups excluding tert-OH is 2. The number of nitro groups is 1. The third kappa shape index (κ3) is 6.17. The first-order chi connectivity index (χ1) is 9.88. The average Bonchev–Trinajstić information content (AvgIpc) is 2.38. The van der Waals surface area contributed by atoms with Crippen LogP contribution in [0.25, 0.3) is 0 Å². The summed E-state index contributed by atoms with van der Waals surface area (Å²) in [6.07, 6.45) is 0. The Morgan fingerprint density at radius 1 is 1.19 bits per heavy atom. The van der Waals surface area contributed by atoms with Crippen molar-refractivity contribution in [1.82, 2.24) is 5.06 Å². The smallest absolute Gasteiger partial charge is 0.403 e. The molecule has 1 rings (SSSR count). The van der Waals surface area contributed by atoms with Crippen LogP contribution in [0.4, 0.5) is 5.69 Å². The molecule has 0 heterocycles. The fourth-order valence-corrected chi connectivity index (χ4v) is 2.22. The summed E-state index contributed by atoms with van der Waals surface area (Å²) in [6, 6.07) is 4.50. The van der Waals surface area contributed by atoms with Gasteiger partial charge in [0.2, 0.25) is 0 Å². The monoisotopic (exact) mass is 322 g/mol. The summed E-state index contributed by atoms with van der Waals surface area (Å²) in [4.78, 5) is 19.4. The minimum Gasteiger partial charge on any atom is -0.403 e. The summed E-state index contributed by atoms with van der Waals surface area (Å²) in [7, 11) is -4.53. The van der Waals surface area contributed by atoms with E-state index in [9.17, 15) is 19.6 Å². The van der Waals surface area contributed by atoms with Crippen LogP contribution in [0.2, 0.25) is 0 Å². The molecule has 11 heteroatoms. The summed E-state index contributed by atoms with van der Waals surface area (Å²) in [5, 5.41) is 28.9. The molecule has 1 atom stereocenters. The molecule has 0 fully saturated rings. The Hall–Kier alpha value is -1.55. The van der Waals surface area contributed by atoms with Crippen molar-refractivity contribution in [3.63, 3.8) is 0 Å². The van der Waals surface area contributed by atoms with Crippen LogP contribution in [0.15, 0.2) is 24.3 Å². The molecule has 0 radical (unpaired) electrons. The van der Waals surface area contributed by atoms with Crippen molar-refractivity contribution in [2.75, 3.05) is 26.3 Å². The van der Waals surface area contributed by atoms with Crippen molar-refractivity contribution in [2.24, 2.45) is 0 Å². The van der Waals surface area contributed by atoms with Gasteiger partial charge >= 0.3 is 7.82 Å². The lowest BCUT2D eigenvalue weighted by molar-refractivity contribution is -0.384. The average molecular weight is 322 g/mol. The highest BCUT2D eigenvalue weighted by atomic mass is 31.2. The van der Waals surface area contributed by atoms with E-state index in [2.05, 4.69) is 4.62 Å². The summed E-state index contributed by atoms with van der Waals surface area (Å²) < 4.78 is 21.1. The molecule has 0 aliphatic rings. The molecule has 1 aromatic carbocycles. The van der Waals surface area contributed by atoms with Gasteiger partial charge in [0, 0.05) is 25.2 Å². The van der Waals surface area contributed by atoms with Crippen LogP contribution in [0, 0.1) is 10.1 Å². The number of rotatable bonds is 9. The number of benzene rings is 1. The molecule has 0 saturated carbocycles. The number of nitro benzene ring substituents is 1. The van der Waals surface area contributed by atoms with E-state index in [4.69, 9.17) is 14.7 Å². The van der Waals surface area contributed by atoms with Crippen molar-refractivity contribution >= 4 is 13.5 Å². The maximum Gasteiger partial charge on any atom is 0.544 e. The number of aliphatic hydroxyl groups is 2. The normalized spacial score (nSPS) is 13.9. The van der Waals surface area contributed by atoms with Gasteiger partial charge in [0.05, 0.1) is 18.1 Å². The number of phosphoric acid groups is 1. The lowest BCUT2D eigenvalue weighted by atomic mass is 10.3. The number of nitrogens with zero attached hydrogens (tertiary/aromatic N) is 2. The van der Waals surface area contributed by atoms with E-state index >= 15 is 0 Å². The summed E-state index contributed by atoms with van der Waals surface area (Å²) in [6.45, 7) is -0.904. The summed E-state index contributed by atoms with van der Waals surface area (Å²) >= 11 is 0. The molecule has 21 heavy (non-hydrogen) atoms. The minimum absolute atomic E-state index is 0.0978. The highest BCUT2D eigenvalue weighted by molar-refractivity contribution is 7.47. The first-order valence-corrected chi connectivity index (χ1v) is 7.30. The number of phosphoric ester groups is 1. The van der Waals surface area contributed by atoms with E-state index < -0.39 is 12.7 Å². The molecule has 0 bridgehead atoms. The third-order valence-corrected chi connectivity index (χ3v) is 3.06. The van der Waals surface area contributed by atoms with Crippen molar-refractivity contribution in [3.8, 4) is 5.75 Å². The van der Waals surface area contributed by atoms with Crippen LogP contribution in [0.1, 0.15) is 0 Å². The fraction of sp³-hybridized carbons (Fsp3) is 0.400. The van der Waals surface area contributed by atoms with Gasteiger partial charge in [-0.05, 0) is 12.1 Å². The maximum absolute atomic E-state index is 11.7. The van der Waals surface area contributed by atoms with Crippen LogP contribution >= 0.6 is 7.82 Å². The Balaban J connectivity index is 2.69. The second-order valence-corrected chi connectivity index (χ2v) is 5.05. The Bertz CT molecular complexity index is 502. The van der Waals surface area contributed by atoms with Gasteiger partial charge in [-0.15, -0.1) is 0 Å². The lowest BCUT2D eigenvalue weighted by Crippen LogP contribution is -2.29. The molecule has 0 saturated heterocycles. The maximum atomic E-state index is 11.7. The molecule has 1 unspecified atom stereocenters.